The molecule has 2 amide bonds. The van der Waals surface area contributed by atoms with E-state index in [1.807, 2.05) is 6.92 Å². The molecular formula is C19H17ClF3N5O3S. The standard InChI is InChI=1S/C19H17ClF3N5O3S/c1-2-28-15(9-24-17(30)14-4-3-7-31-14)26-27-18(28)32-10-16(29)25-13-8-11(19(21,22)23)5-6-12(13)20/h3-8H,2,9-10H2,1H3,(H,24,30)(H,25,29). The second-order valence-electron chi connectivity index (χ2n) is 6.33. The van der Waals surface area contributed by atoms with E-state index in [0.29, 0.717) is 17.5 Å². The van der Waals surface area contributed by atoms with Crippen molar-refractivity contribution < 1.29 is 27.2 Å². The van der Waals surface area contributed by atoms with Crippen LogP contribution in [0.3, 0.4) is 0 Å². The maximum Gasteiger partial charge on any atom is 0.416 e. The molecule has 2 heterocycles. The van der Waals surface area contributed by atoms with E-state index in [1.54, 1.807) is 10.6 Å². The highest BCUT2D eigenvalue weighted by molar-refractivity contribution is 7.99. The van der Waals surface area contributed by atoms with Gasteiger partial charge in [-0.2, -0.15) is 13.2 Å². The summed E-state index contributed by atoms with van der Waals surface area (Å²) in [5, 5.41) is 13.5. The number of benzene rings is 1. The Hall–Kier alpha value is -2.99. The van der Waals surface area contributed by atoms with E-state index in [4.69, 9.17) is 16.0 Å². The normalized spacial score (nSPS) is 11.4. The van der Waals surface area contributed by atoms with Crippen molar-refractivity contribution in [2.75, 3.05) is 11.1 Å². The Balaban J connectivity index is 1.60. The van der Waals surface area contributed by atoms with Crippen LogP contribution in [0.15, 0.2) is 46.2 Å². The Labute approximate surface area is 189 Å². The highest BCUT2D eigenvalue weighted by Gasteiger charge is 2.31. The van der Waals surface area contributed by atoms with Gasteiger partial charge in [0.2, 0.25) is 5.91 Å². The summed E-state index contributed by atoms with van der Waals surface area (Å²) in [6.45, 7) is 2.41. The number of alkyl halides is 3. The predicted octanol–water partition coefficient (Wildman–Crippen LogP) is 4.22. The molecule has 2 aromatic heterocycles. The van der Waals surface area contributed by atoms with Crippen LogP contribution >= 0.6 is 23.4 Å². The molecule has 0 fully saturated rings. The number of amides is 2. The Morgan fingerprint density at radius 3 is 2.69 bits per heavy atom. The molecule has 0 aliphatic heterocycles. The number of thioether (sulfide) groups is 1. The number of carbonyl (C=O) groups excluding carboxylic acids is 2. The molecule has 0 unspecified atom stereocenters. The van der Waals surface area contributed by atoms with Crippen LogP contribution in [0.5, 0.6) is 0 Å². The zero-order valence-electron chi connectivity index (χ0n) is 16.6. The molecule has 3 rings (SSSR count). The fourth-order valence-electron chi connectivity index (χ4n) is 2.64. The lowest BCUT2D eigenvalue weighted by Crippen LogP contribution is -2.24. The van der Waals surface area contributed by atoms with Crippen molar-refractivity contribution in [3.05, 3.63) is 58.8 Å². The van der Waals surface area contributed by atoms with Gasteiger partial charge in [0.15, 0.2) is 16.7 Å². The number of anilines is 1. The molecule has 0 spiro atoms. The molecule has 32 heavy (non-hydrogen) atoms. The lowest BCUT2D eigenvalue weighted by Gasteiger charge is -2.12. The van der Waals surface area contributed by atoms with Gasteiger partial charge < -0.3 is 19.6 Å². The van der Waals surface area contributed by atoms with Crippen molar-refractivity contribution in [3.63, 3.8) is 0 Å². The second-order valence-corrected chi connectivity index (χ2v) is 7.68. The molecule has 0 aliphatic carbocycles. The van der Waals surface area contributed by atoms with Crippen LogP contribution in [-0.4, -0.2) is 32.3 Å². The van der Waals surface area contributed by atoms with Crippen LogP contribution in [0.2, 0.25) is 5.02 Å². The Kier molecular flexibility index (Phi) is 7.46. The number of aromatic nitrogens is 3. The van der Waals surface area contributed by atoms with Crippen LogP contribution in [0.4, 0.5) is 18.9 Å². The molecule has 0 radical (unpaired) electrons. The van der Waals surface area contributed by atoms with E-state index in [9.17, 15) is 22.8 Å². The highest BCUT2D eigenvalue weighted by atomic mass is 35.5. The first-order chi connectivity index (χ1) is 15.2. The minimum atomic E-state index is -4.56. The molecule has 3 aromatic rings. The zero-order chi connectivity index (χ0) is 23.3. The molecule has 2 N–H and O–H groups in total. The third-order valence-corrected chi connectivity index (χ3v) is 5.46. The molecule has 0 atom stereocenters. The van der Waals surface area contributed by atoms with Gasteiger partial charge in [0.25, 0.3) is 5.91 Å². The van der Waals surface area contributed by atoms with Crippen molar-refractivity contribution in [3.8, 4) is 0 Å². The number of nitrogens with one attached hydrogen (secondary N) is 2. The summed E-state index contributed by atoms with van der Waals surface area (Å²) in [7, 11) is 0. The number of rotatable bonds is 8. The van der Waals surface area contributed by atoms with Gasteiger partial charge in [-0.3, -0.25) is 9.59 Å². The van der Waals surface area contributed by atoms with Crippen LogP contribution in [0.1, 0.15) is 28.9 Å². The lowest BCUT2D eigenvalue weighted by molar-refractivity contribution is -0.137. The van der Waals surface area contributed by atoms with Crippen molar-refractivity contribution in [2.24, 2.45) is 0 Å². The Morgan fingerprint density at radius 2 is 2.03 bits per heavy atom. The summed E-state index contributed by atoms with van der Waals surface area (Å²) < 4.78 is 45.4. The number of carbonyl (C=O) groups is 2. The first kappa shape index (κ1) is 23.7. The first-order valence-electron chi connectivity index (χ1n) is 9.22. The van der Waals surface area contributed by atoms with Crippen LogP contribution in [-0.2, 0) is 24.1 Å². The molecule has 0 saturated heterocycles. The SMILES string of the molecule is CCn1c(CNC(=O)c2ccco2)nnc1SCC(=O)Nc1cc(C(F)(F)F)ccc1Cl. The highest BCUT2D eigenvalue weighted by Crippen LogP contribution is 2.34. The largest absolute Gasteiger partial charge is 0.459 e. The third-order valence-electron chi connectivity index (χ3n) is 4.16. The molecule has 8 nitrogen and oxygen atoms in total. The predicted molar refractivity (Wildman–Crippen MR) is 111 cm³/mol. The number of halogens is 4. The molecule has 0 aliphatic rings. The third kappa shape index (κ3) is 5.82. The van der Waals surface area contributed by atoms with Gasteiger partial charge in [-0.25, -0.2) is 0 Å². The van der Waals surface area contributed by atoms with Crippen molar-refractivity contribution in [2.45, 2.75) is 31.3 Å². The van der Waals surface area contributed by atoms with E-state index in [2.05, 4.69) is 20.8 Å². The fourth-order valence-corrected chi connectivity index (χ4v) is 3.63. The van der Waals surface area contributed by atoms with Gasteiger partial charge in [-0.1, -0.05) is 23.4 Å². The maximum atomic E-state index is 12.9. The van der Waals surface area contributed by atoms with Gasteiger partial charge in [0.1, 0.15) is 0 Å². The van der Waals surface area contributed by atoms with E-state index >= 15 is 0 Å². The topological polar surface area (TPSA) is 102 Å². The summed E-state index contributed by atoms with van der Waals surface area (Å²) >= 11 is 6.95. The Bertz CT molecular complexity index is 1100. The number of furan rings is 1. The number of hydrogen-bond acceptors (Lipinski definition) is 6. The van der Waals surface area contributed by atoms with E-state index in [0.717, 1.165) is 30.0 Å². The van der Waals surface area contributed by atoms with Gasteiger partial charge in [0, 0.05) is 6.54 Å². The smallest absolute Gasteiger partial charge is 0.416 e. The summed E-state index contributed by atoms with van der Waals surface area (Å²) in [6.07, 6.45) is -3.17. The van der Waals surface area contributed by atoms with E-state index in [1.165, 1.54) is 12.3 Å². The minimum absolute atomic E-state index is 0.0114. The summed E-state index contributed by atoms with van der Waals surface area (Å²) in [5.41, 5.74) is -1.05. The molecule has 13 heteroatoms. The average Bonchev–Trinajstić information content (AvgIpc) is 3.41. The van der Waals surface area contributed by atoms with Gasteiger partial charge >= 0.3 is 6.18 Å². The van der Waals surface area contributed by atoms with Crippen LogP contribution in [0.25, 0.3) is 0 Å². The van der Waals surface area contributed by atoms with Gasteiger partial charge in [-0.15, -0.1) is 10.2 Å². The maximum absolute atomic E-state index is 12.9. The fraction of sp³-hybridized carbons (Fsp3) is 0.263. The molecule has 0 saturated carbocycles. The summed E-state index contributed by atoms with van der Waals surface area (Å²) in [4.78, 5) is 24.2. The van der Waals surface area contributed by atoms with Crippen molar-refractivity contribution in [1.82, 2.24) is 20.1 Å². The zero-order valence-corrected chi connectivity index (χ0v) is 18.1. The monoisotopic (exact) mass is 487 g/mol. The van der Waals surface area contributed by atoms with Gasteiger partial charge in [-0.05, 0) is 37.3 Å². The molecule has 0 bridgehead atoms. The summed E-state index contributed by atoms with van der Waals surface area (Å²) in [6, 6.07) is 5.80. The van der Waals surface area contributed by atoms with E-state index in [-0.39, 0.29) is 28.8 Å². The molecule has 170 valence electrons. The first-order valence-corrected chi connectivity index (χ1v) is 10.6. The lowest BCUT2D eigenvalue weighted by atomic mass is 10.2. The second kappa shape index (κ2) is 10.1. The number of hydrogen-bond donors (Lipinski definition) is 2. The van der Waals surface area contributed by atoms with Crippen molar-refractivity contribution in [1.29, 1.82) is 0 Å². The molecular weight excluding hydrogens is 471 g/mol. The minimum Gasteiger partial charge on any atom is -0.459 e. The van der Waals surface area contributed by atoms with E-state index < -0.39 is 23.6 Å². The quantitative estimate of drug-likeness (QED) is 0.461. The van der Waals surface area contributed by atoms with Crippen LogP contribution in [0, 0.1) is 0 Å². The van der Waals surface area contributed by atoms with Crippen molar-refractivity contribution >= 4 is 40.9 Å². The van der Waals surface area contributed by atoms with Gasteiger partial charge in [0.05, 0.1) is 34.8 Å². The average molecular weight is 488 g/mol. The summed E-state index contributed by atoms with van der Waals surface area (Å²) in [5.74, 6) is -0.478. The number of nitrogens with zero attached hydrogens (tertiary/aromatic N) is 3. The molecule has 1 aromatic carbocycles. The Morgan fingerprint density at radius 1 is 1.25 bits per heavy atom. The van der Waals surface area contributed by atoms with Crippen LogP contribution < -0.4 is 10.6 Å².